The van der Waals surface area contributed by atoms with Crippen LogP contribution in [0.1, 0.15) is 0 Å². The maximum Gasteiger partial charge on any atom is 0.305 e. The van der Waals surface area contributed by atoms with Crippen molar-refractivity contribution >= 4 is 9.24 Å². The van der Waals surface area contributed by atoms with E-state index in [2.05, 4.69) is 0 Å². The second-order valence-corrected chi connectivity index (χ2v) is 1.12. The molecule has 0 nitrogen and oxygen atoms in total. The molecule has 0 bridgehead atoms. The van der Waals surface area contributed by atoms with Gasteiger partial charge >= 0.3 is 6.08 Å². The minimum Gasteiger partial charge on any atom is -0.201 e. The van der Waals surface area contributed by atoms with E-state index in [0.717, 1.165) is 0 Å². The fraction of sp³-hybridized carbons (Fsp3) is 0. The zero-order valence-electron chi connectivity index (χ0n) is 2.71. The Balaban J connectivity index is 3.68. The van der Waals surface area contributed by atoms with Crippen LogP contribution in [0.2, 0.25) is 0 Å². The van der Waals surface area contributed by atoms with E-state index in [9.17, 15) is 13.2 Å². The highest BCUT2D eigenvalue weighted by molar-refractivity contribution is 7.22. The molecule has 1 atom stereocenters. The molecule has 0 heterocycles. The Morgan fingerprint density at radius 3 is 1.33 bits per heavy atom. The summed E-state index contributed by atoms with van der Waals surface area (Å²) in [6.07, 6.45) is -2.28. The molecule has 6 heavy (non-hydrogen) atoms. The Bertz CT molecular complexity index is 58.9. The molecule has 0 fully saturated rings. The van der Waals surface area contributed by atoms with E-state index >= 15 is 0 Å². The van der Waals surface area contributed by atoms with E-state index in [0.29, 0.717) is 0 Å². The first-order valence-electron chi connectivity index (χ1n) is 1.11. The summed E-state index contributed by atoms with van der Waals surface area (Å²) in [7, 11) is 1.24. The lowest BCUT2D eigenvalue weighted by Gasteiger charge is -1.73. The molecule has 0 radical (unpaired) electrons. The van der Waals surface area contributed by atoms with Gasteiger partial charge in [-0.3, -0.25) is 0 Å². The predicted molar refractivity (Wildman–Crippen MR) is 20.1 cm³/mol. The van der Waals surface area contributed by atoms with E-state index in [1.165, 1.54) is 9.24 Å². The van der Waals surface area contributed by atoms with Gasteiger partial charge in [0.15, 0.2) is 5.57 Å². The van der Waals surface area contributed by atoms with Crippen LogP contribution in [0.25, 0.3) is 0 Å². The molecule has 0 aliphatic rings. The summed E-state index contributed by atoms with van der Waals surface area (Å²) >= 11 is 0. The van der Waals surface area contributed by atoms with Crippen LogP contribution in [-0.4, -0.2) is 0 Å². The van der Waals surface area contributed by atoms with Gasteiger partial charge in [0.25, 0.3) is 0 Å². The van der Waals surface area contributed by atoms with Crippen LogP contribution in [0.15, 0.2) is 11.6 Å². The van der Waals surface area contributed by atoms with Crippen molar-refractivity contribution < 1.29 is 13.2 Å². The van der Waals surface area contributed by atoms with Gasteiger partial charge in [0.05, 0.1) is 0 Å². The first-order valence-corrected chi connectivity index (χ1v) is 1.68. The van der Waals surface area contributed by atoms with Crippen molar-refractivity contribution in [3.63, 3.8) is 0 Å². The molecule has 0 aliphatic carbocycles. The molecular weight excluding hydrogens is 112 g/mol. The van der Waals surface area contributed by atoms with Crippen molar-refractivity contribution in [2.45, 2.75) is 0 Å². The van der Waals surface area contributed by atoms with Crippen molar-refractivity contribution in [1.29, 1.82) is 0 Å². The third-order valence-corrected chi connectivity index (χ3v) is 0.399. The van der Waals surface area contributed by atoms with Crippen LogP contribution in [0, 0.1) is 0 Å². The topological polar surface area (TPSA) is 0 Å². The molecule has 0 amide bonds. The Labute approximate surface area is 35.2 Å². The molecule has 0 aromatic carbocycles. The average molecular weight is 114 g/mol. The van der Waals surface area contributed by atoms with Crippen LogP contribution >= 0.6 is 9.24 Å². The van der Waals surface area contributed by atoms with E-state index in [1.54, 1.807) is 0 Å². The minimum atomic E-state index is -2.28. The van der Waals surface area contributed by atoms with E-state index in [4.69, 9.17) is 0 Å². The van der Waals surface area contributed by atoms with Crippen LogP contribution in [0.5, 0.6) is 0 Å². The Morgan fingerprint density at radius 1 is 1.17 bits per heavy atom. The first kappa shape index (κ1) is 5.96. The molecule has 0 rings (SSSR count). The smallest absolute Gasteiger partial charge is 0.201 e. The molecule has 0 N–H and O–H groups in total. The largest absolute Gasteiger partial charge is 0.305 e. The second kappa shape index (κ2) is 2.19. The summed E-state index contributed by atoms with van der Waals surface area (Å²) in [4.78, 5) is 0. The van der Waals surface area contributed by atoms with E-state index in [-0.39, 0.29) is 0 Å². The molecule has 0 aliphatic heterocycles. The lowest BCUT2D eigenvalue weighted by atomic mass is 11.1. The van der Waals surface area contributed by atoms with Crippen LogP contribution in [-0.2, 0) is 0 Å². The molecule has 0 aromatic heterocycles. The maximum absolute atomic E-state index is 10.9. The van der Waals surface area contributed by atoms with Crippen molar-refractivity contribution in [1.82, 2.24) is 0 Å². The molecule has 1 unspecified atom stereocenters. The van der Waals surface area contributed by atoms with Gasteiger partial charge in [-0.2, -0.15) is 8.78 Å². The number of rotatable bonds is 0. The van der Waals surface area contributed by atoms with Crippen LogP contribution in [0.4, 0.5) is 13.2 Å². The fourth-order valence-corrected chi connectivity index (χ4v) is 0. The van der Waals surface area contributed by atoms with Crippen molar-refractivity contribution in [2.75, 3.05) is 0 Å². The lowest BCUT2D eigenvalue weighted by Crippen LogP contribution is -1.53. The second-order valence-electron chi connectivity index (χ2n) is 0.608. The lowest BCUT2D eigenvalue weighted by molar-refractivity contribution is 0.394. The summed E-state index contributed by atoms with van der Waals surface area (Å²) in [6.45, 7) is 0. The summed E-state index contributed by atoms with van der Waals surface area (Å²) < 4.78 is 32.2. The average Bonchev–Trinajstić information content (AvgIpc) is 1.36. The standard InChI is InChI=1S/C2H2F3P/c3-1(4)2(5)6/h6H2. The number of hydrogen-bond acceptors (Lipinski definition) is 0. The minimum absolute atomic E-state index is 1.24. The highest BCUT2D eigenvalue weighted by Crippen LogP contribution is 2.14. The van der Waals surface area contributed by atoms with Crippen molar-refractivity contribution in [2.24, 2.45) is 0 Å². The summed E-state index contributed by atoms with van der Waals surface area (Å²) in [6, 6.07) is 0. The third-order valence-electron chi connectivity index (χ3n) is 0.181. The Kier molecular flexibility index (Phi) is 2.18. The highest BCUT2D eigenvalue weighted by atomic mass is 31.0. The normalized spacial score (nSPS) is 8.00. The third kappa shape index (κ3) is 2.21. The molecular formula is C2H2F3P. The monoisotopic (exact) mass is 114 g/mol. The molecule has 0 saturated heterocycles. The van der Waals surface area contributed by atoms with Crippen molar-refractivity contribution in [3.05, 3.63) is 11.6 Å². The van der Waals surface area contributed by atoms with Gasteiger partial charge in [0.2, 0.25) is 0 Å². The quantitative estimate of drug-likeness (QED) is 0.422. The van der Waals surface area contributed by atoms with Gasteiger partial charge in [-0.05, 0) is 0 Å². The molecule has 36 valence electrons. The van der Waals surface area contributed by atoms with Gasteiger partial charge in [0.1, 0.15) is 0 Å². The summed E-state index contributed by atoms with van der Waals surface area (Å²) in [5.41, 5.74) is -1.49. The van der Waals surface area contributed by atoms with Gasteiger partial charge in [-0.15, -0.1) is 0 Å². The number of halogens is 3. The van der Waals surface area contributed by atoms with Crippen LogP contribution < -0.4 is 0 Å². The zero-order valence-corrected chi connectivity index (χ0v) is 3.87. The SMILES string of the molecule is FC(F)=C(F)P. The first-order chi connectivity index (χ1) is 2.64. The summed E-state index contributed by atoms with van der Waals surface area (Å²) in [5, 5.41) is 0. The Hall–Kier alpha value is -0.0400. The van der Waals surface area contributed by atoms with E-state index < -0.39 is 11.6 Å². The van der Waals surface area contributed by atoms with Crippen LogP contribution in [0.3, 0.4) is 0 Å². The van der Waals surface area contributed by atoms with Gasteiger partial charge in [-0.25, -0.2) is 4.39 Å². The van der Waals surface area contributed by atoms with Gasteiger partial charge in [-0.1, -0.05) is 9.24 Å². The van der Waals surface area contributed by atoms with Gasteiger partial charge in [0, 0.05) is 0 Å². The molecule has 4 heteroatoms. The maximum atomic E-state index is 10.9. The van der Waals surface area contributed by atoms with Gasteiger partial charge < -0.3 is 0 Å². The predicted octanol–water partition coefficient (Wildman–Crippen LogP) is 1.90. The molecule has 0 spiro atoms. The van der Waals surface area contributed by atoms with E-state index in [1.807, 2.05) is 0 Å². The molecule has 0 aromatic rings. The molecule has 0 saturated carbocycles. The Morgan fingerprint density at radius 2 is 1.33 bits per heavy atom. The van der Waals surface area contributed by atoms with Crippen molar-refractivity contribution in [3.8, 4) is 0 Å². The fourth-order valence-electron chi connectivity index (χ4n) is 0. The number of hydrogen-bond donors (Lipinski definition) is 0. The zero-order chi connectivity index (χ0) is 5.15. The summed E-state index contributed by atoms with van der Waals surface area (Å²) in [5.74, 6) is 0. The highest BCUT2D eigenvalue weighted by Gasteiger charge is 1.92.